The number of carbonyl (C=O) groups is 1. The van der Waals surface area contributed by atoms with E-state index in [1.807, 2.05) is 18.8 Å². The van der Waals surface area contributed by atoms with Gasteiger partial charge in [0.25, 0.3) is 0 Å². The van der Waals surface area contributed by atoms with Gasteiger partial charge in [-0.25, -0.2) is 0 Å². The number of nitrogens with one attached hydrogen (secondary N) is 2. The first-order valence-electron chi connectivity index (χ1n) is 7.22. The monoisotopic (exact) mass is 369 g/mol. The lowest BCUT2D eigenvalue weighted by Gasteiger charge is -2.40. The summed E-state index contributed by atoms with van der Waals surface area (Å²) in [6.45, 7) is 5.59. The summed E-state index contributed by atoms with van der Waals surface area (Å²) in [7, 11) is 1.81. The molecule has 2 N–H and O–H groups in total. The molecular formula is C15H20BrN3OS. The zero-order valence-electron chi connectivity index (χ0n) is 12.4. The van der Waals surface area contributed by atoms with Crippen molar-refractivity contribution in [3.05, 3.63) is 22.2 Å². The molecule has 3 unspecified atom stereocenters. The molecule has 6 heteroatoms. The first-order valence-corrected chi connectivity index (χ1v) is 9.07. The van der Waals surface area contributed by atoms with E-state index in [9.17, 15) is 4.79 Å². The lowest BCUT2D eigenvalue weighted by molar-refractivity contribution is -0.117. The number of nitrogens with zero attached hydrogens (tertiary/aromatic N) is 1. The molecule has 3 atom stereocenters. The van der Waals surface area contributed by atoms with Crippen LogP contribution >= 0.6 is 27.7 Å². The summed E-state index contributed by atoms with van der Waals surface area (Å²) in [6, 6.07) is 4.41. The molecular weight excluding hydrogens is 350 g/mol. The Labute approximate surface area is 138 Å². The number of rotatable bonds is 2. The SMILES string of the molecule is CNC1C(=O)Nc2cc(N3CCSC(C)C3C)c(Br)cc21. The summed E-state index contributed by atoms with van der Waals surface area (Å²) in [6.07, 6.45) is 0. The third-order valence-electron chi connectivity index (χ3n) is 4.43. The summed E-state index contributed by atoms with van der Waals surface area (Å²) in [5.41, 5.74) is 3.12. The first-order chi connectivity index (χ1) is 10.0. The van der Waals surface area contributed by atoms with E-state index < -0.39 is 0 Å². The second kappa shape index (κ2) is 5.82. The van der Waals surface area contributed by atoms with Crippen molar-refractivity contribution in [2.24, 2.45) is 0 Å². The molecule has 21 heavy (non-hydrogen) atoms. The minimum atomic E-state index is -0.251. The van der Waals surface area contributed by atoms with Gasteiger partial charge in [0, 0.05) is 39.3 Å². The smallest absolute Gasteiger partial charge is 0.246 e. The number of benzene rings is 1. The van der Waals surface area contributed by atoms with Crippen LogP contribution in [0.25, 0.3) is 0 Å². The van der Waals surface area contributed by atoms with Gasteiger partial charge in [-0.1, -0.05) is 6.92 Å². The Morgan fingerprint density at radius 2 is 2.19 bits per heavy atom. The number of hydrogen-bond donors (Lipinski definition) is 2. The quantitative estimate of drug-likeness (QED) is 0.840. The molecule has 0 aliphatic carbocycles. The van der Waals surface area contributed by atoms with Crippen molar-refractivity contribution in [2.45, 2.75) is 31.2 Å². The fourth-order valence-corrected chi connectivity index (χ4v) is 4.74. The van der Waals surface area contributed by atoms with Gasteiger partial charge in [0.2, 0.25) is 5.91 Å². The van der Waals surface area contributed by atoms with E-state index >= 15 is 0 Å². The van der Waals surface area contributed by atoms with Crippen molar-refractivity contribution < 1.29 is 4.79 Å². The highest BCUT2D eigenvalue weighted by molar-refractivity contribution is 9.10. The maximum atomic E-state index is 12.0. The minimum absolute atomic E-state index is 0.0205. The Hall–Kier alpha value is -0.720. The van der Waals surface area contributed by atoms with Gasteiger partial charge in [-0.2, -0.15) is 11.8 Å². The fraction of sp³-hybridized carbons (Fsp3) is 0.533. The average Bonchev–Trinajstić information content (AvgIpc) is 2.75. The number of fused-ring (bicyclic) bond motifs is 1. The molecule has 0 saturated carbocycles. The number of thioether (sulfide) groups is 1. The molecule has 0 spiro atoms. The molecule has 1 amide bonds. The topological polar surface area (TPSA) is 44.4 Å². The summed E-state index contributed by atoms with van der Waals surface area (Å²) < 4.78 is 1.06. The molecule has 3 rings (SSSR count). The lowest BCUT2D eigenvalue weighted by atomic mass is 10.1. The Morgan fingerprint density at radius 3 is 2.90 bits per heavy atom. The number of halogens is 1. The highest BCUT2D eigenvalue weighted by atomic mass is 79.9. The highest BCUT2D eigenvalue weighted by Crippen LogP contribution is 2.41. The molecule has 114 valence electrons. The molecule has 2 heterocycles. The number of likely N-dealkylation sites (N-methyl/N-ethyl adjacent to an activating group) is 1. The standard InChI is InChI=1S/C15H20BrN3OS/c1-8-9(2)21-5-4-19(8)13-7-12-10(6-11(13)16)14(17-3)15(20)18-12/h6-9,14,17H,4-5H2,1-3H3,(H,18,20). The maximum absolute atomic E-state index is 12.0. The van der Waals surface area contributed by atoms with Gasteiger partial charge < -0.3 is 15.5 Å². The normalized spacial score (nSPS) is 28.5. The Balaban J connectivity index is 1.99. The molecule has 1 fully saturated rings. The maximum Gasteiger partial charge on any atom is 0.246 e. The molecule has 2 aliphatic rings. The van der Waals surface area contributed by atoms with Gasteiger partial charge in [-0.3, -0.25) is 4.79 Å². The van der Waals surface area contributed by atoms with Gasteiger partial charge in [0.05, 0.1) is 5.69 Å². The van der Waals surface area contributed by atoms with Gasteiger partial charge in [-0.05, 0) is 42.0 Å². The zero-order valence-corrected chi connectivity index (χ0v) is 14.8. The van der Waals surface area contributed by atoms with E-state index in [-0.39, 0.29) is 11.9 Å². The summed E-state index contributed by atoms with van der Waals surface area (Å²) in [5.74, 6) is 1.16. The van der Waals surface area contributed by atoms with Crippen molar-refractivity contribution >= 4 is 45.0 Å². The first kappa shape index (κ1) is 15.2. The van der Waals surface area contributed by atoms with Crippen LogP contribution in [-0.2, 0) is 4.79 Å². The van der Waals surface area contributed by atoms with E-state index in [4.69, 9.17) is 0 Å². The third-order valence-corrected chi connectivity index (χ3v) is 6.41. The van der Waals surface area contributed by atoms with Crippen molar-refractivity contribution in [3.8, 4) is 0 Å². The van der Waals surface area contributed by atoms with Crippen LogP contribution in [0.1, 0.15) is 25.5 Å². The van der Waals surface area contributed by atoms with E-state index in [0.29, 0.717) is 11.3 Å². The molecule has 0 bridgehead atoms. The van der Waals surface area contributed by atoms with Gasteiger partial charge in [0.1, 0.15) is 6.04 Å². The Morgan fingerprint density at radius 1 is 1.43 bits per heavy atom. The molecule has 4 nitrogen and oxygen atoms in total. The number of amides is 1. The summed E-state index contributed by atoms with van der Waals surface area (Å²) in [4.78, 5) is 14.4. The predicted octanol–water partition coefficient (Wildman–Crippen LogP) is 2.99. The van der Waals surface area contributed by atoms with Crippen LogP contribution in [0.3, 0.4) is 0 Å². The second-order valence-corrected chi connectivity index (χ2v) is 7.95. The van der Waals surface area contributed by atoms with E-state index in [2.05, 4.69) is 57.4 Å². The third kappa shape index (κ3) is 2.58. The zero-order chi connectivity index (χ0) is 15.1. The molecule has 0 radical (unpaired) electrons. The van der Waals surface area contributed by atoms with E-state index in [0.717, 1.165) is 28.0 Å². The number of carbonyl (C=O) groups excluding carboxylic acids is 1. The minimum Gasteiger partial charge on any atom is -0.366 e. The summed E-state index contributed by atoms with van der Waals surface area (Å²) >= 11 is 5.72. The van der Waals surface area contributed by atoms with Crippen LogP contribution in [0.2, 0.25) is 0 Å². The van der Waals surface area contributed by atoms with Gasteiger partial charge >= 0.3 is 0 Å². The number of hydrogen-bond acceptors (Lipinski definition) is 4. The largest absolute Gasteiger partial charge is 0.366 e. The molecule has 2 aliphatic heterocycles. The average molecular weight is 370 g/mol. The van der Waals surface area contributed by atoms with Crippen LogP contribution in [0.15, 0.2) is 16.6 Å². The van der Waals surface area contributed by atoms with Crippen LogP contribution in [0.4, 0.5) is 11.4 Å². The van der Waals surface area contributed by atoms with E-state index in [1.165, 1.54) is 5.69 Å². The summed E-state index contributed by atoms with van der Waals surface area (Å²) in [5, 5.41) is 6.65. The van der Waals surface area contributed by atoms with E-state index in [1.54, 1.807) is 0 Å². The molecule has 1 aromatic rings. The van der Waals surface area contributed by atoms with Crippen molar-refractivity contribution in [2.75, 3.05) is 29.6 Å². The Bertz CT molecular complexity index is 580. The van der Waals surface area contributed by atoms with Crippen molar-refractivity contribution in [3.63, 3.8) is 0 Å². The van der Waals surface area contributed by atoms with Crippen LogP contribution < -0.4 is 15.5 Å². The fourth-order valence-electron chi connectivity index (χ4n) is 3.05. The van der Waals surface area contributed by atoms with Gasteiger partial charge in [0.15, 0.2) is 0 Å². The predicted molar refractivity (Wildman–Crippen MR) is 93.3 cm³/mol. The number of anilines is 2. The lowest BCUT2D eigenvalue weighted by Crippen LogP contribution is -2.44. The molecule has 1 aromatic carbocycles. The van der Waals surface area contributed by atoms with Crippen LogP contribution in [0.5, 0.6) is 0 Å². The molecule has 1 saturated heterocycles. The van der Waals surface area contributed by atoms with Crippen LogP contribution in [-0.4, -0.2) is 36.5 Å². The van der Waals surface area contributed by atoms with Crippen molar-refractivity contribution in [1.29, 1.82) is 0 Å². The highest BCUT2D eigenvalue weighted by Gasteiger charge is 2.32. The van der Waals surface area contributed by atoms with Crippen molar-refractivity contribution in [1.82, 2.24) is 5.32 Å². The van der Waals surface area contributed by atoms with Crippen LogP contribution in [0, 0.1) is 0 Å². The Kier molecular flexibility index (Phi) is 4.21. The van der Waals surface area contributed by atoms with Gasteiger partial charge in [-0.15, -0.1) is 0 Å². The second-order valence-electron chi connectivity index (χ2n) is 5.61. The molecule has 0 aromatic heterocycles.